The van der Waals surface area contributed by atoms with E-state index in [-0.39, 0.29) is 41.5 Å². The van der Waals surface area contributed by atoms with Crippen molar-refractivity contribution in [3.8, 4) is 5.75 Å². The van der Waals surface area contributed by atoms with Crippen LogP contribution in [0, 0.1) is 0 Å². The van der Waals surface area contributed by atoms with Crippen LogP contribution in [-0.4, -0.2) is 84.9 Å². The fourth-order valence-corrected chi connectivity index (χ4v) is 9.13. The van der Waals surface area contributed by atoms with Crippen molar-refractivity contribution in [2.45, 2.75) is 56.3 Å². The molecular weight excluding hydrogens is 775 g/mol. The second-order valence-corrected chi connectivity index (χ2v) is 16.5. The highest BCUT2D eigenvalue weighted by Gasteiger charge is 2.47. The molecular formula is C39H44ClN8O8P. The number of halogens is 1. The number of carbonyl (C=O) groups excluding carboxylic acids is 3. The first-order chi connectivity index (χ1) is 27.5. The number of anilines is 3. The summed E-state index contributed by atoms with van der Waals surface area (Å²) in [4.78, 5) is 49.7. The lowest BCUT2D eigenvalue weighted by molar-refractivity contribution is -0.140. The molecule has 5 N–H and O–H groups in total. The fourth-order valence-electron chi connectivity index (χ4n) is 7.75. The standard InChI is InChI=1S/C39H44ClN8O8P/c1-23(56-37-28-10-6-5-9-27(28)36(51)48(37)25-19-33(49)44-34(50)20-25)46-39(17-18-41-21-29(39)24-13-15-26(53-2)16-14-24)47-38-42-22-30(40)35(45-38)43-31-11-7-8-12-32(31)57(52,54-3)55-4/h5-16,22-23,25,29,37,41,46H,17-21H2,1-4H3,(H,44,49,50)(H2,42,43,45,47). The van der Waals surface area contributed by atoms with Crippen LogP contribution in [0.4, 0.5) is 17.5 Å². The summed E-state index contributed by atoms with van der Waals surface area (Å²) in [6.45, 7) is 2.99. The average Bonchev–Trinajstić information content (AvgIpc) is 3.49. The van der Waals surface area contributed by atoms with E-state index < -0.39 is 43.6 Å². The molecule has 0 bridgehead atoms. The fraction of sp³-hybridized carbons (Fsp3) is 0.359. The number of methoxy groups -OCH3 is 1. The zero-order valence-corrected chi connectivity index (χ0v) is 33.4. The van der Waals surface area contributed by atoms with Crippen molar-refractivity contribution in [1.29, 1.82) is 0 Å². The van der Waals surface area contributed by atoms with E-state index in [1.54, 1.807) is 43.5 Å². The topological polar surface area (TPSA) is 194 Å². The van der Waals surface area contributed by atoms with Gasteiger partial charge < -0.3 is 39.4 Å². The zero-order valence-electron chi connectivity index (χ0n) is 31.8. The SMILES string of the molecule is COc1ccc(C2CNCCC2(Nc2ncc(Cl)c(Nc3ccccc3P(=O)(OC)OC)n2)NC(C)OC2c3ccccc3C(=O)N2C2CC(=O)NC(=O)C2)cc1. The molecule has 18 heteroatoms. The first-order valence-corrected chi connectivity index (χ1v) is 20.3. The summed E-state index contributed by atoms with van der Waals surface area (Å²) in [5.74, 6) is -0.303. The number of fused-ring (bicyclic) bond motifs is 1. The lowest BCUT2D eigenvalue weighted by Crippen LogP contribution is -2.65. The van der Waals surface area contributed by atoms with Gasteiger partial charge in [0.2, 0.25) is 17.8 Å². The van der Waals surface area contributed by atoms with Crippen LogP contribution < -0.4 is 36.6 Å². The summed E-state index contributed by atoms with van der Waals surface area (Å²) in [6.07, 6.45) is 0.285. The Morgan fingerprint density at radius 1 is 0.965 bits per heavy atom. The molecule has 0 aliphatic carbocycles. The van der Waals surface area contributed by atoms with Crippen LogP contribution in [0.25, 0.3) is 0 Å². The van der Waals surface area contributed by atoms with Gasteiger partial charge in [-0.05, 0) is 55.8 Å². The molecule has 16 nitrogen and oxygen atoms in total. The van der Waals surface area contributed by atoms with E-state index in [0.29, 0.717) is 47.4 Å². The molecule has 2 fully saturated rings. The third-order valence-corrected chi connectivity index (χ3v) is 12.6. The number of ether oxygens (including phenoxy) is 2. The Hall–Kier alpha value is -4.93. The van der Waals surface area contributed by atoms with E-state index in [1.807, 2.05) is 43.3 Å². The number of imide groups is 1. The number of amides is 3. The van der Waals surface area contributed by atoms with Crippen molar-refractivity contribution < 1.29 is 37.5 Å². The molecule has 7 rings (SSSR count). The van der Waals surface area contributed by atoms with Crippen molar-refractivity contribution in [2.24, 2.45) is 0 Å². The summed E-state index contributed by atoms with van der Waals surface area (Å²) < 4.78 is 36.2. The van der Waals surface area contributed by atoms with Gasteiger partial charge in [0, 0.05) is 50.7 Å². The molecule has 3 amide bonds. The summed E-state index contributed by atoms with van der Waals surface area (Å²) in [6, 6.07) is 21.1. The quantitative estimate of drug-likeness (QED) is 0.0662. The molecule has 2 saturated heterocycles. The Labute approximate surface area is 334 Å². The van der Waals surface area contributed by atoms with Crippen molar-refractivity contribution in [1.82, 2.24) is 30.8 Å². The van der Waals surface area contributed by atoms with Gasteiger partial charge >= 0.3 is 7.60 Å². The maximum atomic E-state index is 13.9. The number of piperidine rings is 2. The minimum atomic E-state index is -3.66. The number of carbonyl (C=O) groups is 3. The zero-order chi connectivity index (χ0) is 40.3. The maximum Gasteiger partial charge on any atom is 0.362 e. The second-order valence-electron chi connectivity index (χ2n) is 13.9. The predicted molar refractivity (Wildman–Crippen MR) is 213 cm³/mol. The van der Waals surface area contributed by atoms with E-state index in [9.17, 15) is 18.9 Å². The number of rotatable bonds is 14. The van der Waals surface area contributed by atoms with Gasteiger partial charge in [-0.15, -0.1) is 0 Å². The normalized spacial score (nSPS) is 21.8. The molecule has 4 aromatic rings. The monoisotopic (exact) mass is 818 g/mol. The summed E-state index contributed by atoms with van der Waals surface area (Å²) >= 11 is 6.66. The molecule has 1 aromatic heterocycles. The lowest BCUT2D eigenvalue weighted by Gasteiger charge is -2.48. The number of aromatic nitrogens is 2. The average molecular weight is 819 g/mol. The maximum absolute atomic E-state index is 13.9. The van der Waals surface area contributed by atoms with E-state index in [2.05, 4.69) is 31.6 Å². The van der Waals surface area contributed by atoms with Crippen LogP contribution >= 0.6 is 19.2 Å². The molecule has 4 atom stereocenters. The van der Waals surface area contributed by atoms with Crippen molar-refractivity contribution in [3.63, 3.8) is 0 Å². The number of nitrogens with zero attached hydrogens (tertiary/aromatic N) is 3. The number of benzene rings is 3. The number of hydrogen-bond acceptors (Lipinski definition) is 14. The van der Waals surface area contributed by atoms with Gasteiger partial charge in [0.15, 0.2) is 12.0 Å². The highest BCUT2D eigenvalue weighted by Crippen LogP contribution is 2.47. The first-order valence-electron chi connectivity index (χ1n) is 18.4. The minimum Gasteiger partial charge on any atom is -0.497 e. The van der Waals surface area contributed by atoms with Crippen molar-refractivity contribution >= 4 is 59.7 Å². The van der Waals surface area contributed by atoms with Crippen LogP contribution in [0.15, 0.2) is 79.0 Å². The van der Waals surface area contributed by atoms with Crippen LogP contribution in [0.5, 0.6) is 5.75 Å². The molecule has 3 aliphatic heterocycles. The number of nitrogens with one attached hydrogen (secondary N) is 5. The smallest absolute Gasteiger partial charge is 0.362 e. The van der Waals surface area contributed by atoms with Gasteiger partial charge in [0.05, 0.1) is 30.3 Å². The summed E-state index contributed by atoms with van der Waals surface area (Å²) in [5, 5.41) is 16.8. The highest BCUT2D eigenvalue weighted by molar-refractivity contribution is 7.62. The molecule has 4 unspecified atom stereocenters. The first kappa shape index (κ1) is 40.3. The Bertz CT molecular complexity index is 2170. The van der Waals surface area contributed by atoms with Crippen LogP contribution in [-0.2, 0) is 27.9 Å². The Balaban J connectivity index is 1.24. The van der Waals surface area contributed by atoms with Crippen LogP contribution in [0.3, 0.4) is 0 Å². The third kappa shape index (κ3) is 8.25. The predicted octanol–water partition coefficient (Wildman–Crippen LogP) is 4.79. The van der Waals surface area contributed by atoms with Crippen LogP contribution in [0.1, 0.15) is 59.8 Å². The van der Waals surface area contributed by atoms with Crippen molar-refractivity contribution in [2.75, 3.05) is 45.1 Å². The number of hydrogen-bond donors (Lipinski definition) is 5. The molecule has 300 valence electrons. The molecule has 3 aromatic carbocycles. The molecule has 4 heterocycles. The number of para-hydroxylation sites is 1. The minimum absolute atomic E-state index is 0.0346. The Morgan fingerprint density at radius 2 is 1.67 bits per heavy atom. The van der Waals surface area contributed by atoms with Gasteiger partial charge in [-0.2, -0.15) is 4.98 Å². The molecule has 0 saturated carbocycles. The van der Waals surface area contributed by atoms with Gasteiger partial charge in [0.25, 0.3) is 5.91 Å². The van der Waals surface area contributed by atoms with Gasteiger partial charge in [-0.25, -0.2) is 4.98 Å². The molecule has 0 radical (unpaired) electrons. The largest absolute Gasteiger partial charge is 0.497 e. The lowest BCUT2D eigenvalue weighted by atomic mass is 9.80. The van der Waals surface area contributed by atoms with Crippen molar-refractivity contribution in [3.05, 3.63) is 101 Å². The molecule has 0 spiro atoms. The van der Waals surface area contributed by atoms with Gasteiger partial charge in [-0.3, -0.25) is 29.6 Å². The summed E-state index contributed by atoms with van der Waals surface area (Å²) in [5.41, 5.74) is 1.50. The van der Waals surface area contributed by atoms with E-state index in [1.165, 1.54) is 25.3 Å². The van der Waals surface area contributed by atoms with E-state index >= 15 is 0 Å². The highest BCUT2D eigenvalue weighted by atomic mass is 35.5. The van der Waals surface area contributed by atoms with E-state index in [0.717, 1.165) is 5.56 Å². The van der Waals surface area contributed by atoms with Gasteiger partial charge in [0.1, 0.15) is 22.7 Å². The van der Waals surface area contributed by atoms with Crippen LogP contribution in [0.2, 0.25) is 5.02 Å². The summed E-state index contributed by atoms with van der Waals surface area (Å²) in [7, 11) is 0.573. The van der Waals surface area contributed by atoms with E-state index in [4.69, 9.17) is 35.1 Å². The Kier molecular flexibility index (Phi) is 11.9. The van der Waals surface area contributed by atoms with Gasteiger partial charge in [-0.1, -0.05) is 54.1 Å². The third-order valence-electron chi connectivity index (χ3n) is 10.4. The Morgan fingerprint density at radius 3 is 2.39 bits per heavy atom. The second kappa shape index (κ2) is 16.9. The molecule has 57 heavy (non-hydrogen) atoms. The molecule has 3 aliphatic rings.